The summed E-state index contributed by atoms with van der Waals surface area (Å²) in [6.45, 7) is 4.04. The Bertz CT molecular complexity index is 818. The zero-order chi connectivity index (χ0) is 14.8. The predicted molar refractivity (Wildman–Crippen MR) is 86.9 cm³/mol. The van der Waals surface area contributed by atoms with Crippen LogP contribution in [0.4, 0.5) is 11.6 Å². The molecule has 1 heterocycles. The fourth-order valence-corrected chi connectivity index (χ4v) is 2.65. The Kier molecular flexibility index (Phi) is 3.58. The maximum Gasteiger partial charge on any atom is 0.332 e. The van der Waals surface area contributed by atoms with Crippen LogP contribution in [0.2, 0.25) is 0 Å². The van der Waals surface area contributed by atoms with Crippen LogP contribution in [0.1, 0.15) is 11.1 Å². The van der Waals surface area contributed by atoms with Crippen LogP contribution in [0, 0.1) is 13.8 Å². The van der Waals surface area contributed by atoms with E-state index >= 15 is 0 Å². The van der Waals surface area contributed by atoms with Crippen molar-refractivity contribution in [2.75, 3.05) is 5.32 Å². The zero-order valence-electron chi connectivity index (χ0n) is 11.8. The third-order valence-corrected chi connectivity index (χ3v) is 3.89. The van der Waals surface area contributed by atoms with Crippen LogP contribution in [0.5, 0.6) is 0 Å². The van der Waals surface area contributed by atoms with Gasteiger partial charge in [-0.2, -0.15) is 4.37 Å². The summed E-state index contributed by atoms with van der Waals surface area (Å²) in [5, 5.41) is 3.24. The van der Waals surface area contributed by atoms with Crippen molar-refractivity contribution in [3.8, 4) is 5.69 Å². The maximum absolute atomic E-state index is 12.1. The van der Waals surface area contributed by atoms with Crippen LogP contribution in [0.3, 0.4) is 0 Å². The fourth-order valence-electron chi connectivity index (χ4n) is 2.08. The second-order valence-electron chi connectivity index (χ2n) is 4.88. The number of benzene rings is 2. The highest BCUT2D eigenvalue weighted by Gasteiger charge is 2.11. The molecule has 21 heavy (non-hydrogen) atoms. The van der Waals surface area contributed by atoms with Crippen LogP contribution in [0.15, 0.2) is 53.3 Å². The lowest BCUT2D eigenvalue weighted by Crippen LogP contribution is -2.13. The molecule has 0 aliphatic rings. The van der Waals surface area contributed by atoms with Gasteiger partial charge in [0.2, 0.25) is 5.95 Å². The van der Waals surface area contributed by atoms with Crippen molar-refractivity contribution < 1.29 is 0 Å². The first-order chi connectivity index (χ1) is 10.1. The first-order valence-electron chi connectivity index (χ1n) is 6.63. The molecule has 3 rings (SSSR count). The van der Waals surface area contributed by atoms with Crippen LogP contribution in [-0.2, 0) is 0 Å². The van der Waals surface area contributed by atoms with E-state index in [-0.39, 0.29) is 4.87 Å². The van der Waals surface area contributed by atoms with Gasteiger partial charge in [-0.15, -0.1) is 0 Å². The van der Waals surface area contributed by atoms with Gasteiger partial charge in [0.1, 0.15) is 0 Å². The van der Waals surface area contributed by atoms with Gasteiger partial charge in [-0.3, -0.25) is 4.79 Å². The van der Waals surface area contributed by atoms with E-state index in [1.807, 2.05) is 62.4 Å². The average Bonchev–Trinajstić information content (AvgIpc) is 2.83. The van der Waals surface area contributed by atoms with Crippen molar-refractivity contribution in [2.45, 2.75) is 13.8 Å². The number of anilines is 2. The molecule has 0 aliphatic heterocycles. The van der Waals surface area contributed by atoms with Crippen molar-refractivity contribution >= 4 is 23.2 Å². The molecule has 1 N–H and O–H groups in total. The summed E-state index contributed by atoms with van der Waals surface area (Å²) in [4.78, 5) is 12.0. The van der Waals surface area contributed by atoms with Gasteiger partial charge in [-0.1, -0.05) is 35.9 Å². The minimum absolute atomic E-state index is 0.102. The molecule has 4 nitrogen and oxygen atoms in total. The fraction of sp³-hybridized carbons (Fsp3) is 0.125. The van der Waals surface area contributed by atoms with Gasteiger partial charge in [-0.05, 0) is 37.6 Å². The minimum atomic E-state index is -0.102. The van der Waals surface area contributed by atoms with Gasteiger partial charge in [0.05, 0.1) is 5.69 Å². The number of para-hydroxylation sites is 1. The molecule has 0 unspecified atom stereocenters. The number of hydrogen-bond donors (Lipinski definition) is 1. The Balaban J connectivity index is 2.03. The number of nitrogens with one attached hydrogen (secondary N) is 1. The number of hydrogen-bond acceptors (Lipinski definition) is 4. The van der Waals surface area contributed by atoms with Crippen molar-refractivity contribution in [1.29, 1.82) is 0 Å². The molecule has 0 bridgehead atoms. The number of nitrogens with zero attached hydrogens (tertiary/aromatic N) is 2. The van der Waals surface area contributed by atoms with E-state index in [0.717, 1.165) is 34.0 Å². The first kappa shape index (κ1) is 13.6. The lowest BCUT2D eigenvalue weighted by Gasteiger charge is -2.10. The largest absolute Gasteiger partial charge is 0.332 e. The smallest absolute Gasteiger partial charge is 0.324 e. The molecule has 0 amide bonds. The number of aryl methyl sites for hydroxylation is 2. The topological polar surface area (TPSA) is 46.9 Å². The van der Waals surface area contributed by atoms with Crippen molar-refractivity contribution in [3.63, 3.8) is 0 Å². The highest BCUT2D eigenvalue weighted by molar-refractivity contribution is 7.03. The third-order valence-electron chi connectivity index (χ3n) is 3.29. The van der Waals surface area contributed by atoms with Crippen LogP contribution >= 0.6 is 11.5 Å². The van der Waals surface area contributed by atoms with E-state index in [4.69, 9.17) is 0 Å². The van der Waals surface area contributed by atoms with Crippen molar-refractivity contribution in [2.24, 2.45) is 0 Å². The molecule has 0 spiro atoms. The first-order valence-corrected chi connectivity index (χ1v) is 7.41. The summed E-state index contributed by atoms with van der Waals surface area (Å²) in [6, 6.07) is 15.7. The Morgan fingerprint density at radius 1 is 1.05 bits per heavy atom. The molecule has 3 aromatic rings. The lowest BCUT2D eigenvalue weighted by molar-refractivity contribution is 1.02. The normalized spacial score (nSPS) is 10.6. The summed E-state index contributed by atoms with van der Waals surface area (Å²) < 4.78 is 5.83. The molecular formula is C16H15N3OS. The summed E-state index contributed by atoms with van der Waals surface area (Å²) >= 11 is 0.950. The summed E-state index contributed by atoms with van der Waals surface area (Å²) in [5.41, 5.74) is 4.02. The van der Waals surface area contributed by atoms with Gasteiger partial charge < -0.3 is 5.32 Å². The molecule has 2 aromatic carbocycles. The van der Waals surface area contributed by atoms with Gasteiger partial charge in [-0.25, -0.2) is 4.57 Å². The summed E-state index contributed by atoms with van der Waals surface area (Å²) in [5.74, 6) is 0.545. The molecular weight excluding hydrogens is 282 g/mol. The second kappa shape index (κ2) is 5.54. The van der Waals surface area contributed by atoms with Gasteiger partial charge in [0.15, 0.2) is 0 Å². The maximum atomic E-state index is 12.1. The van der Waals surface area contributed by atoms with Crippen molar-refractivity contribution in [3.05, 3.63) is 69.3 Å². The Hall–Kier alpha value is -2.40. The highest BCUT2D eigenvalue weighted by atomic mass is 32.1. The molecule has 5 heteroatoms. The van der Waals surface area contributed by atoms with E-state index in [9.17, 15) is 4.79 Å². The number of rotatable bonds is 3. The Morgan fingerprint density at radius 3 is 2.48 bits per heavy atom. The quantitative estimate of drug-likeness (QED) is 0.802. The monoisotopic (exact) mass is 297 g/mol. The van der Waals surface area contributed by atoms with Crippen LogP contribution in [0.25, 0.3) is 5.69 Å². The van der Waals surface area contributed by atoms with E-state index in [2.05, 4.69) is 9.69 Å². The summed E-state index contributed by atoms with van der Waals surface area (Å²) in [6.07, 6.45) is 0. The van der Waals surface area contributed by atoms with Gasteiger partial charge in [0.25, 0.3) is 0 Å². The van der Waals surface area contributed by atoms with Gasteiger partial charge >= 0.3 is 4.87 Å². The second-order valence-corrected chi connectivity index (χ2v) is 5.60. The van der Waals surface area contributed by atoms with Crippen LogP contribution < -0.4 is 10.2 Å². The molecule has 0 saturated heterocycles. The van der Waals surface area contributed by atoms with E-state index in [1.54, 1.807) is 4.57 Å². The molecule has 0 saturated carbocycles. The zero-order valence-corrected chi connectivity index (χ0v) is 12.6. The standard InChI is InChI=1S/C16H15N3OS/c1-11-7-9-13(10-8-11)19-15(18-21-16(19)20)17-14-6-4-3-5-12(14)2/h3-10H,1-2H3,(H,17,18). The van der Waals surface area contributed by atoms with E-state index < -0.39 is 0 Å². The minimum Gasteiger partial charge on any atom is -0.324 e. The van der Waals surface area contributed by atoms with Crippen molar-refractivity contribution in [1.82, 2.24) is 8.94 Å². The predicted octanol–water partition coefficient (Wildman–Crippen LogP) is 3.65. The molecule has 106 valence electrons. The number of aromatic nitrogens is 2. The third kappa shape index (κ3) is 2.73. The molecule has 0 atom stereocenters. The van der Waals surface area contributed by atoms with Crippen LogP contribution in [-0.4, -0.2) is 8.94 Å². The van der Waals surface area contributed by atoms with Gasteiger partial charge in [0, 0.05) is 17.2 Å². The molecule has 0 aliphatic carbocycles. The SMILES string of the molecule is Cc1ccc(-n2c(Nc3ccccc3C)nsc2=O)cc1. The average molecular weight is 297 g/mol. The Labute approximate surface area is 126 Å². The van der Waals surface area contributed by atoms with E-state index in [0.29, 0.717) is 5.95 Å². The highest BCUT2D eigenvalue weighted by Crippen LogP contribution is 2.21. The molecule has 0 fully saturated rings. The molecule has 0 radical (unpaired) electrons. The molecule has 1 aromatic heterocycles. The summed E-state index contributed by atoms with van der Waals surface area (Å²) in [7, 11) is 0. The lowest BCUT2D eigenvalue weighted by atomic mass is 10.2. The van der Waals surface area contributed by atoms with E-state index in [1.165, 1.54) is 0 Å². The Morgan fingerprint density at radius 2 is 1.76 bits per heavy atom.